The maximum Gasteiger partial charge on any atom is 0.412 e. The molecule has 0 aliphatic carbocycles. The lowest BCUT2D eigenvalue weighted by molar-refractivity contribution is 0.0636. The quantitative estimate of drug-likeness (QED) is 0.801. The van der Waals surface area contributed by atoms with Crippen LogP contribution in [-0.4, -0.2) is 17.5 Å². The first kappa shape index (κ1) is 13.2. The van der Waals surface area contributed by atoms with Crippen LogP contribution < -0.4 is 5.32 Å². The van der Waals surface area contributed by atoms with E-state index in [0.717, 1.165) is 0 Å². The van der Waals surface area contributed by atoms with Crippen molar-refractivity contribution < 1.29 is 15.8 Å². The molecule has 1 aromatic carbocycles. The van der Waals surface area contributed by atoms with Crippen molar-refractivity contribution in [2.75, 3.05) is 5.32 Å². The highest BCUT2D eigenvalue weighted by Gasteiger charge is 2.16. The summed E-state index contributed by atoms with van der Waals surface area (Å²) in [7, 11) is 0. The van der Waals surface area contributed by atoms with Gasteiger partial charge in [-0.25, -0.2) is 4.79 Å². The Morgan fingerprint density at radius 2 is 1.71 bits per heavy atom. The van der Waals surface area contributed by atoms with Gasteiger partial charge in [0.15, 0.2) is 5.78 Å². The smallest absolute Gasteiger partial charge is 0.412 e. The first-order valence-electron chi connectivity index (χ1n) is 5.39. The summed E-state index contributed by atoms with van der Waals surface area (Å²) in [5.41, 5.74) is 0.688. The highest BCUT2D eigenvalue weighted by atomic mass is 16.6. The van der Waals surface area contributed by atoms with E-state index in [1.807, 2.05) is 0 Å². The van der Waals surface area contributed by atoms with Gasteiger partial charge in [-0.05, 0) is 52.0 Å². The third-order valence-corrected chi connectivity index (χ3v) is 1.94. The van der Waals surface area contributed by atoms with Gasteiger partial charge >= 0.3 is 6.09 Å². The predicted molar refractivity (Wildman–Crippen MR) is 68.4 cm³/mol. The molecule has 1 aromatic rings. The summed E-state index contributed by atoms with van der Waals surface area (Å²) in [4.78, 5) is 22.5. The molecule has 1 amide bonds. The fraction of sp³-hybridized carbons (Fsp3) is 0.385. The average Bonchev–Trinajstić information content (AvgIpc) is 2.15. The zero-order chi connectivity index (χ0) is 13.1. The first-order valence-corrected chi connectivity index (χ1v) is 5.39. The number of nitrogens with one attached hydrogen (secondary N) is 1. The number of hydrogen-bond donors (Lipinski definition) is 1. The molecule has 4 heteroatoms. The number of rotatable bonds is 2. The molecule has 4 nitrogen and oxygen atoms in total. The second-order valence-electron chi connectivity index (χ2n) is 4.76. The minimum Gasteiger partial charge on any atom is -0.444 e. The van der Waals surface area contributed by atoms with Crippen molar-refractivity contribution in [3.63, 3.8) is 0 Å². The van der Waals surface area contributed by atoms with Gasteiger partial charge in [0, 0.05) is 12.7 Å². The van der Waals surface area contributed by atoms with Gasteiger partial charge in [0.05, 0.1) is 0 Å². The standard InChI is InChI=1S/C13H17NO3.H2/c1-9(15)10-5-7-11(8-6-10)14-12(16)17-13(2,3)4;/h5-8H,1-4H3,(H,14,16);1H. The lowest BCUT2D eigenvalue weighted by Gasteiger charge is -2.19. The van der Waals surface area contributed by atoms with Crippen molar-refractivity contribution in [3.05, 3.63) is 29.8 Å². The molecule has 1 rings (SSSR count). The summed E-state index contributed by atoms with van der Waals surface area (Å²) in [6.45, 7) is 6.89. The SMILES string of the molecule is CC(=O)c1ccc(NC(=O)OC(C)(C)C)cc1.[HH]. The number of carbonyl (C=O) groups is 2. The van der Waals surface area contributed by atoms with Gasteiger partial charge in [-0.2, -0.15) is 0 Å². The minimum atomic E-state index is -0.524. The molecule has 0 bridgehead atoms. The van der Waals surface area contributed by atoms with Crippen molar-refractivity contribution >= 4 is 17.6 Å². The van der Waals surface area contributed by atoms with E-state index in [9.17, 15) is 9.59 Å². The minimum absolute atomic E-state index is 0. The highest BCUT2D eigenvalue weighted by Crippen LogP contribution is 2.13. The van der Waals surface area contributed by atoms with Crippen LogP contribution in [0, 0.1) is 0 Å². The van der Waals surface area contributed by atoms with E-state index in [0.29, 0.717) is 11.3 Å². The molecule has 0 saturated heterocycles. The molecule has 0 aliphatic rings. The summed E-state index contributed by atoms with van der Waals surface area (Å²) < 4.78 is 5.10. The Bertz CT molecular complexity index is 421. The zero-order valence-corrected chi connectivity index (χ0v) is 10.5. The van der Waals surface area contributed by atoms with Crippen LogP contribution >= 0.6 is 0 Å². The van der Waals surface area contributed by atoms with E-state index >= 15 is 0 Å². The van der Waals surface area contributed by atoms with E-state index < -0.39 is 11.7 Å². The number of anilines is 1. The van der Waals surface area contributed by atoms with Crippen LogP contribution in [0.5, 0.6) is 0 Å². The molecule has 0 fully saturated rings. The predicted octanol–water partition coefficient (Wildman–Crippen LogP) is 3.48. The fourth-order valence-electron chi connectivity index (χ4n) is 1.21. The van der Waals surface area contributed by atoms with Gasteiger partial charge in [-0.1, -0.05) is 0 Å². The average molecular weight is 237 g/mol. The van der Waals surface area contributed by atoms with Gasteiger partial charge in [0.25, 0.3) is 0 Å². The van der Waals surface area contributed by atoms with Crippen LogP contribution in [0.1, 0.15) is 39.5 Å². The molecule has 94 valence electrons. The van der Waals surface area contributed by atoms with Gasteiger partial charge < -0.3 is 4.74 Å². The Morgan fingerprint density at radius 3 is 2.12 bits per heavy atom. The molecular formula is C13H19NO3. The summed E-state index contributed by atoms with van der Waals surface area (Å²) >= 11 is 0. The molecule has 0 aliphatic heterocycles. The summed E-state index contributed by atoms with van der Waals surface area (Å²) in [6, 6.07) is 6.66. The van der Waals surface area contributed by atoms with Crippen molar-refractivity contribution in [3.8, 4) is 0 Å². The topological polar surface area (TPSA) is 55.4 Å². The van der Waals surface area contributed by atoms with E-state index in [2.05, 4.69) is 5.32 Å². The second kappa shape index (κ2) is 4.99. The Balaban J connectivity index is 0.00000289. The molecule has 0 unspecified atom stereocenters. The molecular weight excluding hydrogens is 218 g/mol. The molecule has 0 heterocycles. The molecule has 0 saturated carbocycles. The number of carbonyl (C=O) groups excluding carboxylic acids is 2. The van der Waals surface area contributed by atoms with Crippen molar-refractivity contribution in [2.45, 2.75) is 33.3 Å². The van der Waals surface area contributed by atoms with Gasteiger partial charge in [-0.3, -0.25) is 10.1 Å². The first-order chi connectivity index (χ1) is 7.78. The maximum absolute atomic E-state index is 11.4. The van der Waals surface area contributed by atoms with Crippen molar-refractivity contribution in [1.82, 2.24) is 0 Å². The Labute approximate surface area is 102 Å². The van der Waals surface area contributed by atoms with Gasteiger partial charge in [0.2, 0.25) is 0 Å². The van der Waals surface area contributed by atoms with Crippen LogP contribution in [-0.2, 0) is 4.74 Å². The number of Topliss-reactive ketones (excluding diaryl/α,β-unsaturated/α-hetero) is 1. The molecule has 0 aromatic heterocycles. The van der Waals surface area contributed by atoms with Gasteiger partial charge in [0.1, 0.15) is 5.60 Å². The fourth-order valence-corrected chi connectivity index (χ4v) is 1.21. The summed E-state index contributed by atoms with van der Waals surface area (Å²) in [6.07, 6.45) is -0.506. The molecule has 17 heavy (non-hydrogen) atoms. The third-order valence-electron chi connectivity index (χ3n) is 1.94. The van der Waals surface area contributed by atoms with E-state index in [1.54, 1.807) is 45.0 Å². The molecule has 0 spiro atoms. The third kappa shape index (κ3) is 4.68. The largest absolute Gasteiger partial charge is 0.444 e. The van der Waals surface area contributed by atoms with Crippen LogP contribution in [0.3, 0.4) is 0 Å². The van der Waals surface area contributed by atoms with Crippen molar-refractivity contribution in [2.24, 2.45) is 0 Å². The van der Waals surface area contributed by atoms with E-state index in [4.69, 9.17) is 4.74 Å². The zero-order valence-electron chi connectivity index (χ0n) is 10.5. The molecule has 0 atom stereocenters. The summed E-state index contributed by atoms with van der Waals surface area (Å²) in [5.74, 6) is -0.00572. The van der Waals surface area contributed by atoms with Crippen molar-refractivity contribution in [1.29, 1.82) is 0 Å². The number of ketones is 1. The Kier molecular flexibility index (Phi) is 3.89. The number of amides is 1. The monoisotopic (exact) mass is 237 g/mol. The van der Waals surface area contributed by atoms with Crippen LogP contribution in [0.25, 0.3) is 0 Å². The van der Waals surface area contributed by atoms with Gasteiger partial charge in [-0.15, -0.1) is 0 Å². The van der Waals surface area contributed by atoms with E-state index in [1.165, 1.54) is 6.92 Å². The number of ether oxygens (including phenoxy) is 1. The van der Waals surface area contributed by atoms with Crippen LogP contribution in [0.4, 0.5) is 10.5 Å². The lowest BCUT2D eigenvalue weighted by Crippen LogP contribution is -2.27. The Hall–Kier alpha value is -1.84. The van der Waals surface area contributed by atoms with Crippen LogP contribution in [0.15, 0.2) is 24.3 Å². The normalized spacial score (nSPS) is 10.8. The lowest BCUT2D eigenvalue weighted by atomic mass is 10.1. The highest BCUT2D eigenvalue weighted by molar-refractivity contribution is 5.94. The number of benzene rings is 1. The van der Waals surface area contributed by atoms with E-state index in [-0.39, 0.29) is 7.21 Å². The summed E-state index contributed by atoms with van der Waals surface area (Å²) in [5, 5.41) is 2.59. The second-order valence-corrected chi connectivity index (χ2v) is 4.76. The maximum atomic E-state index is 11.4. The Morgan fingerprint density at radius 1 is 1.18 bits per heavy atom. The van der Waals surface area contributed by atoms with Crippen LogP contribution in [0.2, 0.25) is 0 Å². The number of hydrogen-bond acceptors (Lipinski definition) is 3. The molecule has 0 radical (unpaired) electrons. The molecule has 1 N–H and O–H groups in total.